The van der Waals surface area contributed by atoms with Gasteiger partial charge in [0.25, 0.3) is 0 Å². The largest absolute Gasteiger partial charge is 0.399 e. The fourth-order valence-corrected chi connectivity index (χ4v) is 1.58. The molecule has 0 aliphatic carbocycles. The summed E-state index contributed by atoms with van der Waals surface area (Å²) < 4.78 is 0. The molecule has 1 aromatic heterocycles. The van der Waals surface area contributed by atoms with Crippen LogP contribution < -0.4 is 11.1 Å². The van der Waals surface area contributed by atoms with Crippen molar-refractivity contribution in [2.75, 3.05) is 11.1 Å². The molecule has 1 heterocycles. The molecule has 0 spiro atoms. The van der Waals surface area contributed by atoms with Gasteiger partial charge in [0, 0.05) is 23.3 Å². The van der Waals surface area contributed by atoms with Gasteiger partial charge in [0.05, 0.1) is 10.7 Å². The molecule has 0 amide bonds. The number of halogens is 1. The Bertz CT molecular complexity index is 511. The summed E-state index contributed by atoms with van der Waals surface area (Å²) in [7, 11) is 0. The molecule has 4 heteroatoms. The van der Waals surface area contributed by atoms with Crippen LogP contribution in [0.2, 0.25) is 5.02 Å². The number of aromatic nitrogens is 1. The van der Waals surface area contributed by atoms with E-state index >= 15 is 0 Å². The summed E-state index contributed by atoms with van der Waals surface area (Å²) in [6.45, 7) is 1.94. The summed E-state index contributed by atoms with van der Waals surface area (Å²) in [5.74, 6) is 0. The zero-order valence-electron chi connectivity index (χ0n) is 8.87. The SMILES string of the molecule is Cc1cc(Nc2cc(N)ccc2Cl)ccn1. The summed E-state index contributed by atoms with van der Waals surface area (Å²) in [5, 5.41) is 3.84. The molecule has 2 rings (SSSR count). The Balaban J connectivity index is 2.30. The molecule has 3 N–H and O–H groups in total. The van der Waals surface area contributed by atoms with Crippen molar-refractivity contribution in [3.63, 3.8) is 0 Å². The lowest BCUT2D eigenvalue weighted by molar-refractivity contribution is 1.20. The fraction of sp³-hybridized carbons (Fsp3) is 0.0833. The van der Waals surface area contributed by atoms with Crippen LogP contribution in [0.15, 0.2) is 36.5 Å². The Labute approximate surface area is 99.3 Å². The number of aryl methyl sites for hydroxylation is 1. The molecule has 82 valence electrons. The van der Waals surface area contributed by atoms with E-state index in [4.69, 9.17) is 17.3 Å². The second kappa shape index (κ2) is 4.41. The zero-order chi connectivity index (χ0) is 11.5. The van der Waals surface area contributed by atoms with Crippen LogP contribution in [0.25, 0.3) is 0 Å². The Kier molecular flexibility index (Phi) is 2.97. The first-order valence-corrected chi connectivity index (χ1v) is 5.27. The standard InChI is InChI=1S/C12H12ClN3/c1-8-6-10(4-5-15-8)16-12-7-9(14)2-3-11(12)13/h2-7H,14H2,1H3,(H,15,16). The number of nitrogen functional groups attached to an aromatic ring is 1. The topological polar surface area (TPSA) is 50.9 Å². The van der Waals surface area contributed by atoms with E-state index in [9.17, 15) is 0 Å². The fourth-order valence-electron chi connectivity index (χ4n) is 1.42. The van der Waals surface area contributed by atoms with E-state index in [1.54, 1.807) is 24.4 Å². The minimum Gasteiger partial charge on any atom is -0.399 e. The van der Waals surface area contributed by atoms with Gasteiger partial charge in [-0.1, -0.05) is 11.6 Å². The molecule has 2 aromatic rings. The predicted octanol–water partition coefficient (Wildman–Crippen LogP) is 3.37. The molecular formula is C12H12ClN3. The van der Waals surface area contributed by atoms with Crippen molar-refractivity contribution >= 4 is 28.7 Å². The highest BCUT2D eigenvalue weighted by Gasteiger charge is 2.01. The van der Waals surface area contributed by atoms with E-state index in [2.05, 4.69) is 10.3 Å². The van der Waals surface area contributed by atoms with Gasteiger partial charge in [-0.15, -0.1) is 0 Å². The van der Waals surface area contributed by atoms with Crippen LogP contribution in [0, 0.1) is 6.92 Å². The monoisotopic (exact) mass is 233 g/mol. The first-order valence-electron chi connectivity index (χ1n) is 4.90. The van der Waals surface area contributed by atoms with E-state index in [0.29, 0.717) is 10.7 Å². The Morgan fingerprint density at radius 1 is 1.25 bits per heavy atom. The van der Waals surface area contributed by atoms with Gasteiger partial charge in [-0.25, -0.2) is 0 Å². The summed E-state index contributed by atoms with van der Waals surface area (Å²) in [6.07, 6.45) is 1.75. The van der Waals surface area contributed by atoms with Gasteiger partial charge in [-0.05, 0) is 37.3 Å². The first kappa shape index (κ1) is 10.8. The molecule has 0 radical (unpaired) electrons. The maximum atomic E-state index is 6.05. The maximum absolute atomic E-state index is 6.05. The normalized spacial score (nSPS) is 10.1. The molecule has 0 saturated heterocycles. The molecule has 0 aliphatic heterocycles. The molecule has 0 saturated carbocycles. The highest BCUT2D eigenvalue weighted by Crippen LogP contribution is 2.27. The molecular weight excluding hydrogens is 222 g/mol. The minimum atomic E-state index is 0.642. The number of nitrogens with one attached hydrogen (secondary N) is 1. The van der Waals surface area contributed by atoms with Crippen molar-refractivity contribution in [2.45, 2.75) is 6.92 Å². The second-order valence-electron chi connectivity index (χ2n) is 3.55. The smallest absolute Gasteiger partial charge is 0.0642 e. The van der Waals surface area contributed by atoms with Crippen molar-refractivity contribution in [2.24, 2.45) is 0 Å². The Morgan fingerprint density at radius 3 is 2.81 bits per heavy atom. The number of nitrogens with two attached hydrogens (primary N) is 1. The average Bonchev–Trinajstić information content (AvgIpc) is 2.24. The molecule has 0 unspecified atom stereocenters. The van der Waals surface area contributed by atoms with E-state index in [-0.39, 0.29) is 0 Å². The number of pyridine rings is 1. The Hall–Kier alpha value is -1.74. The van der Waals surface area contributed by atoms with Crippen LogP contribution in [0.1, 0.15) is 5.69 Å². The summed E-state index contributed by atoms with van der Waals surface area (Å²) in [5.41, 5.74) is 9.07. The molecule has 1 aromatic carbocycles. The van der Waals surface area contributed by atoms with Gasteiger partial charge in [0.2, 0.25) is 0 Å². The van der Waals surface area contributed by atoms with Gasteiger partial charge < -0.3 is 11.1 Å². The van der Waals surface area contributed by atoms with Gasteiger partial charge >= 0.3 is 0 Å². The third-order valence-corrected chi connectivity index (χ3v) is 2.50. The molecule has 16 heavy (non-hydrogen) atoms. The van der Waals surface area contributed by atoms with E-state index in [1.807, 2.05) is 19.1 Å². The number of anilines is 3. The number of rotatable bonds is 2. The lowest BCUT2D eigenvalue weighted by atomic mass is 10.2. The molecule has 3 nitrogen and oxygen atoms in total. The first-order chi connectivity index (χ1) is 7.65. The summed E-state index contributed by atoms with van der Waals surface area (Å²) in [4.78, 5) is 4.12. The van der Waals surface area contributed by atoms with Gasteiger partial charge in [-0.2, -0.15) is 0 Å². The van der Waals surface area contributed by atoms with Crippen LogP contribution >= 0.6 is 11.6 Å². The predicted molar refractivity (Wildman–Crippen MR) is 68.1 cm³/mol. The van der Waals surface area contributed by atoms with Crippen LogP contribution in [0.3, 0.4) is 0 Å². The van der Waals surface area contributed by atoms with Crippen molar-refractivity contribution in [1.29, 1.82) is 0 Å². The number of benzene rings is 1. The van der Waals surface area contributed by atoms with E-state index in [1.165, 1.54) is 0 Å². The van der Waals surface area contributed by atoms with Gasteiger partial charge in [0.15, 0.2) is 0 Å². The van der Waals surface area contributed by atoms with E-state index in [0.717, 1.165) is 17.1 Å². The summed E-state index contributed by atoms with van der Waals surface area (Å²) in [6, 6.07) is 9.17. The van der Waals surface area contributed by atoms with Gasteiger partial charge in [0.1, 0.15) is 0 Å². The van der Waals surface area contributed by atoms with Crippen molar-refractivity contribution in [1.82, 2.24) is 4.98 Å². The van der Waals surface area contributed by atoms with Crippen LogP contribution in [0.4, 0.5) is 17.1 Å². The van der Waals surface area contributed by atoms with Crippen molar-refractivity contribution < 1.29 is 0 Å². The molecule has 0 bridgehead atoms. The second-order valence-corrected chi connectivity index (χ2v) is 3.96. The van der Waals surface area contributed by atoms with Crippen LogP contribution in [-0.2, 0) is 0 Å². The van der Waals surface area contributed by atoms with Gasteiger partial charge in [-0.3, -0.25) is 4.98 Å². The minimum absolute atomic E-state index is 0.642. The Morgan fingerprint density at radius 2 is 2.06 bits per heavy atom. The highest BCUT2D eigenvalue weighted by atomic mass is 35.5. The van der Waals surface area contributed by atoms with E-state index < -0.39 is 0 Å². The maximum Gasteiger partial charge on any atom is 0.0642 e. The molecule has 0 aliphatic rings. The molecule has 0 fully saturated rings. The van der Waals surface area contributed by atoms with Crippen molar-refractivity contribution in [3.05, 3.63) is 47.2 Å². The summed E-state index contributed by atoms with van der Waals surface area (Å²) >= 11 is 6.05. The number of nitrogens with zero attached hydrogens (tertiary/aromatic N) is 1. The quantitative estimate of drug-likeness (QED) is 0.782. The third kappa shape index (κ3) is 2.44. The number of hydrogen-bond acceptors (Lipinski definition) is 3. The zero-order valence-corrected chi connectivity index (χ0v) is 9.62. The third-order valence-electron chi connectivity index (χ3n) is 2.17. The van der Waals surface area contributed by atoms with Crippen molar-refractivity contribution in [3.8, 4) is 0 Å². The molecule has 0 atom stereocenters. The highest BCUT2D eigenvalue weighted by molar-refractivity contribution is 6.33. The average molecular weight is 234 g/mol. The lowest BCUT2D eigenvalue weighted by Crippen LogP contribution is -1.94. The lowest BCUT2D eigenvalue weighted by Gasteiger charge is -2.09. The van der Waals surface area contributed by atoms with Crippen LogP contribution in [-0.4, -0.2) is 4.98 Å². The number of hydrogen-bond donors (Lipinski definition) is 2. The van der Waals surface area contributed by atoms with Crippen LogP contribution in [0.5, 0.6) is 0 Å².